The van der Waals surface area contributed by atoms with Crippen molar-refractivity contribution in [1.82, 2.24) is 0 Å². The normalized spacial score (nSPS) is 37.4. The van der Waals surface area contributed by atoms with Crippen LogP contribution in [0.15, 0.2) is 11.6 Å². The molecule has 0 heterocycles. The van der Waals surface area contributed by atoms with Gasteiger partial charge in [-0.05, 0) is 104 Å². The van der Waals surface area contributed by atoms with Gasteiger partial charge >= 0.3 is 5.97 Å². The summed E-state index contributed by atoms with van der Waals surface area (Å²) in [5.74, 6) is 1.94. The Labute approximate surface area is 242 Å². The van der Waals surface area contributed by atoms with Crippen molar-refractivity contribution in [3.8, 4) is 0 Å². The highest BCUT2D eigenvalue weighted by atomic mass is 28.4. The van der Waals surface area contributed by atoms with Crippen LogP contribution in [0.25, 0.3) is 0 Å². The van der Waals surface area contributed by atoms with Gasteiger partial charge in [-0.15, -0.1) is 0 Å². The minimum absolute atomic E-state index is 0.0222. The molecule has 7 atom stereocenters. The standard InChI is InChI=1S/C33H60O4Si2/c1-23(34)36-25-17-20-33(22-35-38(9,10)30(2,3)4)24(21-25)13-14-26-27-15-16-29(32(27,8)19-18-28(26)33)37-39(11,12)31(5,6)7/h13,25-29H,14-22H2,1-12H3/t25-,26-,27-,28-,29-,32-,33+/m0/s1. The third kappa shape index (κ3) is 5.67. The molecule has 0 unspecified atom stereocenters. The molecule has 4 rings (SSSR count). The number of allylic oxidation sites excluding steroid dienone is 1. The molecular weight excluding hydrogens is 517 g/mol. The molecule has 6 heteroatoms. The van der Waals surface area contributed by atoms with Crippen molar-refractivity contribution in [3.05, 3.63) is 11.6 Å². The molecule has 0 radical (unpaired) electrons. The second kappa shape index (κ2) is 10.4. The van der Waals surface area contributed by atoms with Gasteiger partial charge in [0.25, 0.3) is 0 Å². The Bertz CT molecular complexity index is 958. The number of carbonyl (C=O) groups is 1. The zero-order valence-corrected chi connectivity index (χ0v) is 29.5. The molecule has 3 saturated carbocycles. The number of esters is 1. The molecule has 224 valence electrons. The predicted octanol–water partition coefficient (Wildman–Crippen LogP) is 9.27. The van der Waals surface area contributed by atoms with E-state index in [0.717, 1.165) is 31.8 Å². The van der Waals surface area contributed by atoms with Gasteiger partial charge in [0.05, 0.1) is 6.10 Å². The van der Waals surface area contributed by atoms with E-state index in [0.29, 0.717) is 17.9 Å². The maximum absolute atomic E-state index is 11.8. The van der Waals surface area contributed by atoms with E-state index in [1.807, 2.05) is 0 Å². The fourth-order valence-electron chi connectivity index (χ4n) is 8.23. The van der Waals surface area contributed by atoms with Crippen LogP contribution in [0.1, 0.15) is 107 Å². The Hall–Kier alpha value is -0.436. The SMILES string of the molecule is CC(=O)O[C@H]1CC[C@@]2(CO[Si](C)(C)C(C)(C)C)C(=CC[C@@H]3[C@@H]2CC[C@]2(C)[C@@H](O[Si](C)(C)C(C)(C)C)CC[C@@H]32)C1. The summed E-state index contributed by atoms with van der Waals surface area (Å²) in [4.78, 5) is 11.8. The first-order chi connectivity index (χ1) is 17.7. The van der Waals surface area contributed by atoms with Crippen molar-refractivity contribution in [2.75, 3.05) is 6.61 Å². The fourth-order valence-corrected chi connectivity index (χ4v) is 10.7. The largest absolute Gasteiger partial charge is 0.462 e. The lowest BCUT2D eigenvalue weighted by molar-refractivity contribution is -0.149. The zero-order chi connectivity index (χ0) is 29.2. The van der Waals surface area contributed by atoms with E-state index in [1.54, 1.807) is 6.92 Å². The fraction of sp³-hybridized carbons (Fsp3) is 0.909. The maximum atomic E-state index is 11.8. The second-order valence-corrected chi connectivity index (χ2v) is 26.6. The molecule has 0 aliphatic heterocycles. The first-order valence-electron chi connectivity index (χ1n) is 15.9. The Morgan fingerprint density at radius 1 is 0.923 bits per heavy atom. The summed E-state index contributed by atoms with van der Waals surface area (Å²) in [6.45, 7) is 28.8. The molecule has 4 nitrogen and oxygen atoms in total. The van der Waals surface area contributed by atoms with Gasteiger partial charge < -0.3 is 13.6 Å². The summed E-state index contributed by atoms with van der Waals surface area (Å²) in [6, 6.07) is 0. The molecule has 4 aliphatic carbocycles. The summed E-state index contributed by atoms with van der Waals surface area (Å²) in [7, 11) is -3.72. The van der Waals surface area contributed by atoms with Crippen molar-refractivity contribution in [2.45, 2.75) is 155 Å². The van der Waals surface area contributed by atoms with Crippen molar-refractivity contribution >= 4 is 22.6 Å². The van der Waals surface area contributed by atoms with Gasteiger partial charge in [0, 0.05) is 25.4 Å². The smallest absolute Gasteiger partial charge is 0.302 e. The highest BCUT2D eigenvalue weighted by Crippen LogP contribution is 2.66. The third-order valence-corrected chi connectivity index (χ3v) is 21.7. The Morgan fingerprint density at radius 3 is 2.15 bits per heavy atom. The van der Waals surface area contributed by atoms with Crippen LogP contribution in [0.4, 0.5) is 0 Å². The van der Waals surface area contributed by atoms with Crippen molar-refractivity contribution in [3.63, 3.8) is 0 Å². The predicted molar refractivity (Wildman–Crippen MR) is 167 cm³/mol. The number of fused-ring (bicyclic) bond motifs is 5. The van der Waals surface area contributed by atoms with Crippen LogP contribution in [-0.4, -0.2) is 41.4 Å². The van der Waals surface area contributed by atoms with Crippen molar-refractivity contribution in [1.29, 1.82) is 0 Å². The Morgan fingerprint density at radius 2 is 1.56 bits per heavy atom. The topological polar surface area (TPSA) is 44.8 Å². The molecule has 0 spiro atoms. The molecule has 3 fully saturated rings. The van der Waals surface area contributed by atoms with Crippen molar-refractivity contribution in [2.24, 2.45) is 28.6 Å². The van der Waals surface area contributed by atoms with Crippen LogP contribution >= 0.6 is 0 Å². The van der Waals surface area contributed by atoms with Crippen LogP contribution < -0.4 is 0 Å². The van der Waals surface area contributed by atoms with Gasteiger partial charge in [-0.1, -0.05) is 60.1 Å². The average molecular weight is 577 g/mol. The highest BCUT2D eigenvalue weighted by Gasteiger charge is 2.61. The van der Waals surface area contributed by atoms with E-state index < -0.39 is 16.6 Å². The van der Waals surface area contributed by atoms with Gasteiger partial charge in [0.2, 0.25) is 0 Å². The van der Waals surface area contributed by atoms with Gasteiger partial charge in [-0.2, -0.15) is 0 Å². The molecular formula is C33H60O4Si2. The molecule has 0 aromatic rings. The van der Waals surface area contributed by atoms with Gasteiger partial charge in [0.1, 0.15) is 6.10 Å². The minimum Gasteiger partial charge on any atom is -0.462 e. The molecule has 0 aromatic heterocycles. The third-order valence-electron chi connectivity index (χ3n) is 12.8. The molecule has 0 aromatic carbocycles. The maximum Gasteiger partial charge on any atom is 0.302 e. The van der Waals surface area contributed by atoms with Gasteiger partial charge in [-0.25, -0.2) is 0 Å². The molecule has 39 heavy (non-hydrogen) atoms. The average Bonchev–Trinajstić information content (AvgIpc) is 3.11. The molecule has 4 aliphatic rings. The van der Waals surface area contributed by atoms with Gasteiger partial charge in [-0.3, -0.25) is 4.79 Å². The van der Waals surface area contributed by atoms with E-state index >= 15 is 0 Å². The quantitative estimate of drug-likeness (QED) is 0.180. The summed E-state index contributed by atoms with van der Waals surface area (Å²) in [5.41, 5.74) is 1.91. The van der Waals surface area contributed by atoms with Crippen LogP contribution in [0, 0.1) is 28.6 Å². The number of carbonyl (C=O) groups excluding carboxylic acids is 1. The molecule has 0 N–H and O–H groups in total. The lowest BCUT2D eigenvalue weighted by Gasteiger charge is -2.59. The summed E-state index contributed by atoms with van der Waals surface area (Å²) in [5, 5.41) is 0.439. The minimum atomic E-state index is -1.90. The number of hydrogen-bond acceptors (Lipinski definition) is 4. The zero-order valence-electron chi connectivity index (χ0n) is 27.5. The summed E-state index contributed by atoms with van der Waals surface area (Å²) in [6.07, 6.45) is 12.2. The molecule has 0 amide bonds. The van der Waals surface area contributed by atoms with Crippen LogP contribution in [0.5, 0.6) is 0 Å². The van der Waals surface area contributed by atoms with Crippen LogP contribution in [0.2, 0.25) is 36.3 Å². The molecule has 0 saturated heterocycles. The number of hydrogen-bond donors (Lipinski definition) is 0. The lowest BCUT2D eigenvalue weighted by atomic mass is 9.47. The summed E-state index contributed by atoms with van der Waals surface area (Å²) >= 11 is 0. The highest BCUT2D eigenvalue weighted by molar-refractivity contribution is 6.74. The number of ether oxygens (including phenoxy) is 1. The lowest BCUT2D eigenvalue weighted by Crippen LogP contribution is -2.56. The second-order valence-electron chi connectivity index (χ2n) is 17.0. The van der Waals surface area contributed by atoms with E-state index in [9.17, 15) is 4.79 Å². The van der Waals surface area contributed by atoms with E-state index in [2.05, 4.69) is 80.7 Å². The van der Waals surface area contributed by atoms with E-state index in [-0.39, 0.29) is 33.0 Å². The first kappa shape index (κ1) is 31.5. The van der Waals surface area contributed by atoms with Crippen molar-refractivity contribution < 1.29 is 18.4 Å². The Kier molecular flexibility index (Phi) is 8.38. The summed E-state index contributed by atoms with van der Waals surface area (Å²) < 4.78 is 20.0. The molecule has 0 bridgehead atoms. The first-order valence-corrected chi connectivity index (χ1v) is 21.7. The number of rotatable bonds is 6. The van der Waals surface area contributed by atoms with E-state index in [4.69, 9.17) is 13.6 Å². The van der Waals surface area contributed by atoms with Crippen LogP contribution in [0.3, 0.4) is 0 Å². The van der Waals surface area contributed by atoms with Crippen LogP contribution in [-0.2, 0) is 18.4 Å². The Balaban J connectivity index is 1.63. The monoisotopic (exact) mass is 576 g/mol. The van der Waals surface area contributed by atoms with E-state index in [1.165, 1.54) is 37.7 Å². The van der Waals surface area contributed by atoms with Gasteiger partial charge in [0.15, 0.2) is 16.6 Å².